The van der Waals surface area contributed by atoms with E-state index in [0.29, 0.717) is 5.69 Å². The number of carbonyl (C=O) groups is 2. The number of nitrogens with two attached hydrogens (primary N) is 1. The number of pyridine rings is 1. The summed E-state index contributed by atoms with van der Waals surface area (Å²) >= 11 is 0. The number of likely N-dealkylation sites (N-methyl/N-ethyl adjacent to an activating group) is 1. The summed E-state index contributed by atoms with van der Waals surface area (Å²) in [5.41, 5.74) is 5.72. The Labute approximate surface area is 122 Å². The van der Waals surface area contributed by atoms with Crippen LogP contribution in [-0.4, -0.2) is 52.9 Å². The first-order chi connectivity index (χ1) is 9.97. The van der Waals surface area contributed by atoms with Crippen molar-refractivity contribution in [2.75, 3.05) is 32.4 Å². The molecule has 0 atom stereocenters. The number of hydrogen-bond donors (Lipinski definition) is 1. The molecule has 114 valence electrons. The highest BCUT2D eigenvalue weighted by molar-refractivity contribution is 5.84. The van der Waals surface area contributed by atoms with Gasteiger partial charge in [-0.15, -0.1) is 0 Å². The van der Waals surface area contributed by atoms with E-state index in [-0.39, 0.29) is 30.5 Å². The molecule has 0 bridgehead atoms. The molecule has 7 nitrogen and oxygen atoms in total. The predicted octanol–water partition coefficient (Wildman–Crippen LogP) is -0.489. The number of aromatic nitrogens is 1. The first-order valence-electron chi connectivity index (χ1n) is 6.95. The van der Waals surface area contributed by atoms with Gasteiger partial charge in [-0.05, 0) is 18.9 Å². The molecule has 2 amide bonds. The van der Waals surface area contributed by atoms with E-state index in [1.807, 2.05) is 0 Å². The maximum Gasteiger partial charge on any atom is 0.251 e. The lowest BCUT2D eigenvalue weighted by Gasteiger charge is -2.21. The second-order valence-electron chi connectivity index (χ2n) is 5.27. The van der Waals surface area contributed by atoms with Crippen LogP contribution in [0.15, 0.2) is 23.1 Å². The molecule has 1 fully saturated rings. The third-order valence-corrected chi connectivity index (χ3v) is 3.57. The molecule has 0 aromatic carbocycles. The van der Waals surface area contributed by atoms with Crippen molar-refractivity contribution in [3.8, 4) is 0 Å². The van der Waals surface area contributed by atoms with E-state index in [1.54, 1.807) is 11.9 Å². The SMILES string of the molecule is CN(CC(=O)N1CCCC1)C(=O)Cn1cc(N)ccc1=O. The molecule has 0 spiro atoms. The molecular weight excluding hydrogens is 272 g/mol. The lowest BCUT2D eigenvalue weighted by molar-refractivity contribution is -0.139. The van der Waals surface area contributed by atoms with E-state index in [0.717, 1.165) is 25.9 Å². The number of carbonyl (C=O) groups excluding carboxylic acids is 2. The van der Waals surface area contributed by atoms with Gasteiger partial charge in [0.25, 0.3) is 5.56 Å². The molecule has 1 aromatic rings. The smallest absolute Gasteiger partial charge is 0.251 e. The molecule has 2 heterocycles. The summed E-state index contributed by atoms with van der Waals surface area (Å²) < 4.78 is 1.24. The van der Waals surface area contributed by atoms with Crippen LogP contribution in [0.25, 0.3) is 0 Å². The van der Waals surface area contributed by atoms with Crippen LogP contribution in [0.4, 0.5) is 5.69 Å². The monoisotopic (exact) mass is 292 g/mol. The normalized spacial score (nSPS) is 14.2. The minimum atomic E-state index is -0.296. The van der Waals surface area contributed by atoms with Gasteiger partial charge in [0.05, 0.1) is 6.54 Å². The Morgan fingerprint density at radius 1 is 1.29 bits per heavy atom. The maximum absolute atomic E-state index is 12.1. The number of amides is 2. The topological polar surface area (TPSA) is 88.6 Å². The van der Waals surface area contributed by atoms with Crippen LogP contribution < -0.4 is 11.3 Å². The Morgan fingerprint density at radius 2 is 1.95 bits per heavy atom. The molecule has 2 N–H and O–H groups in total. The summed E-state index contributed by atoms with van der Waals surface area (Å²) in [6.07, 6.45) is 3.46. The van der Waals surface area contributed by atoms with Gasteiger partial charge in [-0.2, -0.15) is 0 Å². The van der Waals surface area contributed by atoms with Crippen LogP contribution in [0.2, 0.25) is 0 Å². The Balaban J connectivity index is 1.94. The van der Waals surface area contributed by atoms with Crippen molar-refractivity contribution < 1.29 is 9.59 Å². The number of likely N-dealkylation sites (tertiary alicyclic amines) is 1. The summed E-state index contributed by atoms with van der Waals surface area (Å²) in [6, 6.07) is 2.81. The highest BCUT2D eigenvalue weighted by Gasteiger charge is 2.21. The fourth-order valence-corrected chi connectivity index (χ4v) is 2.30. The lowest BCUT2D eigenvalue weighted by Crippen LogP contribution is -2.41. The molecule has 0 aliphatic carbocycles. The van der Waals surface area contributed by atoms with E-state index >= 15 is 0 Å². The van der Waals surface area contributed by atoms with Gasteiger partial charge in [-0.3, -0.25) is 14.4 Å². The summed E-state index contributed by atoms with van der Waals surface area (Å²) in [4.78, 5) is 38.8. The van der Waals surface area contributed by atoms with Crippen molar-refractivity contribution in [3.05, 3.63) is 28.7 Å². The fourth-order valence-electron chi connectivity index (χ4n) is 2.30. The minimum absolute atomic E-state index is 0.0376. The highest BCUT2D eigenvalue weighted by atomic mass is 16.2. The average Bonchev–Trinajstić information content (AvgIpc) is 2.97. The first-order valence-corrected chi connectivity index (χ1v) is 6.95. The first kappa shape index (κ1) is 15.1. The molecule has 7 heteroatoms. The standard InChI is InChI=1S/C14H20N4O3/c1-16(9-14(21)17-6-2-3-7-17)13(20)10-18-8-11(15)4-5-12(18)19/h4-5,8H,2-3,6-7,9-10,15H2,1H3. The van der Waals surface area contributed by atoms with Crippen molar-refractivity contribution in [2.45, 2.75) is 19.4 Å². The zero-order chi connectivity index (χ0) is 15.4. The van der Waals surface area contributed by atoms with Crippen molar-refractivity contribution in [2.24, 2.45) is 0 Å². The van der Waals surface area contributed by atoms with Crippen LogP contribution in [0.5, 0.6) is 0 Å². The second-order valence-corrected chi connectivity index (χ2v) is 5.27. The van der Waals surface area contributed by atoms with Crippen molar-refractivity contribution in [1.82, 2.24) is 14.4 Å². The van der Waals surface area contributed by atoms with E-state index in [9.17, 15) is 14.4 Å². The quantitative estimate of drug-likeness (QED) is 0.811. The zero-order valence-corrected chi connectivity index (χ0v) is 12.1. The molecule has 1 aliphatic heterocycles. The van der Waals surface area contributed by atoms with Gasteiger partial charge in [0.2, 0.25) is 11.8 Å². The number of nitrogen functional groups attached to an aromatic ring is 1. The third kappa shape index (κ3) is 3.84. The molecule has 0 saturated carbocycles. The van der Waals surface area contributed by atoms with Gasteiger partial charge in [-0.25, -0.2) is 0 Å². The number of hydrogen-bond acceptors (Lipinski definition) is 4. The van der Waals surface area contributed by atoms with Crippen LogP contribution in [0.1, 0.15) is 12.8 Å². The average molecular weight is 292 g/mol. The molecule has 21 heavy (non-hydrogen) atoms. The zero-order valence-electron chi connectivity index (χ0n) is 12.1. The summed E-state index contributed by atoms with van der Waals surface area (Å²) in [5, 5.41) is 0. The van der Waals surface area contributed by atoms with Crippen LogP contribution in [0.3, 0.4) is 0 Å². The summed E-state index contributed by atoms with van der Waals surface area (Å²) in [6.45, 7) is 1.44. The number of rotatable bonds is 4. The van der Waals surface area contributed by atoms with Gasteiger partial charge in [-0.1, -0.05) is 0 Å². The Hall–Kier alpha value is -2.31. The van der Waals surface area contributed by atoms with Crippen LogP contribution in [-0.2, 0) is 16.1 Å². The fraction of sp³-hybridized carbons (Fsp3) is 0.500. The van der Waals surface area contributed by atoms with E-state index in [4.69, 9.17) is 5.73 Å². The van der Waals surface area contributed by atoms with Crippen molar-refractivity contribution in [1.29, 1.82) is 0 Å². The highest BCUT2D eigenvalue weighted by Crippen LogP contribution is 2.08. The largest absolute Gasteiger partial charge is 0.398 e. The minimum Gasteiger partial charge on any atom is -0.398 e. The van der Waals surface area contributed by atoms with Gasteiger partial charge in [0.1, 0.15) is 6.54 Å². The van der Waals surface area contributed by atoms with Crippen molar-refractivity contribution in [3.63, 3.8) is 0 Å². The van der Waals surface area contributed by atoms with Gasteiger partial charge >= 0.3 is 0 Å². The van der Waals surface area contributed by atoms with E-state index < -0.39 is 0 Å². The molecule has 1 saturated heterocycles. The van der Waals surface area contributed by atoms with E-state index in [2.05, 4.69) is 0 Å². The molecule has 2 rings (SSSR count). The van der Waals surface area contributed by atoms with Gasteiger partial charge in [0.15, 0.2) is 0 Å². The maximum atomic E-state index is 12.1. The summed E-state index contributed by atoms with van der Waals surface area (Å²) in [7, 11) is 1.56. The third-order valence-electron chi connectivity index (χ3n) is 3.57. The Bertz CT molecular complexity index is 590. The molecule has 0 radical (unpaired) electrons. The van der Waals surface area contributed by atoms with Crippen molar-refractivity contribution >= 4 is 17.5 Å². The van der Waals surface area contributed by atoms with E-state index in [1.165, 1.54) is 27.8 Å². The molecule has 0 unspecified atom stereocenters. The molecule has 1 aliphatic rings. The summed E-state index contributed by atoms with van der Waals surface area (Å²) in [5.74, 6) is -0.349. The predicted molar refractivity (Wildman–Crippen MR) is 78.6 cm³/mol. The number of nitrogens with zero attached hydrogens (tertiary/aromatic N) is 3. The van der Waals surface area contributed by atoms with Gasteiger partial charge in [0, 0.05) is 38.1 Å². The molecular formula is C14H20N4O3. The molecule has 1 aromatic heterocycles. The Morgan fingerprint density at radius 3 is 2.62 bits per heavy atom. The Kier molecular flexibility index (Phi) is 4.62. The second kappa shape index (κ2) is 6.43. The lowest BCUT2D eigenvalue weighted by atomic mass is 10.4. The van der Waals surface area contributed by atoms with Crippen LogP contribution >= 0.6 is 0 Å². The number of anilines is 1. The van der Waals surface area contributed by atoms with Crippen LogP contribution in [0, 0.1) is 0 Å². The van der Waals surface area contributed by atoms with Gasteiger partial charge < -0.3 is 20.1 Å².